The molecule has 0 aromatic heterocycles. The lowest BCUT2D eigenvalue weighted by molar-refractivity contribution is 0.0243. The molecule has 0 saturated heterocycles. The monoisotopic (exact) mass is 299 g/mol. The summed E-state index contributed by atoms with van der Waals surface area (Å²) in [6.07, 6.45) is -1.78. The first-order valence-electron chi connectivity index (χ1n) is 4.71. The lowest BCUT2D eigenvalue weighted by Gasteiger charge is -2.16. The summed E-state index contributed by atoms with van der Waals surface area (Å²) < 4.78 is 0.618. The van der Waals surface area contributed by atoms with Crippen molar-refractivity contribution in [2.45, 2.75) is 12.2 Å². The van der Waals surface area contributed by atoms with Gasteiger partial charge in [0.25, 0.3) is 0 Å². The maximum absolute atomic E-state index is 10.6. The zero-order chi connectivity index (χ0) is 12.8. The molecule has 1 aromatic carbocycles. The third kappa shape index (κ3) is 3.83. The average molecular weight is 300 g/mol. The summed E-state index contributed by atoms with van der Waals surface area (Å²) in [6.45, 7) is -0.236. The summed E-state index contributed by atoms with van der Waals surface area (Å²) in [4.78, 5) is 13.1. The summed E-state index contributed by atoms with van der Waals surface area (Å²) >= 11 is 3.19. The normalized spacial score (nSPS) is 13.6. The lowest BCUT2D eigenvalue weighted by Crippen LogP contribution is -2.21. The fraction of sp³-hybridized carbons (Fsp3) is 0.300. The predicted octanol–water partition coefficient (Wildman–Crippen LogP) is 1.97. The van der Waals surface area contributed by atoms with Gasteiger partial charge in [0.05, 0.1) is 12.6 Å². The number of hydrogen-bond donors (Lipinski definition) is 2. The van der Waals surface area contributed by atoms with E-state index in [4.69, 9.17) is 5.53 Å². The molecule has 1 rings (SSSR count). The van der Waals surface area contributed by atoms with Gasteiger partial charge in [0.2, 0.25) is 0 Å². The molecule has 0 aliphatic heterocycles. The van der Waals surface area contributed by atoms with Crippen LogP contribution in [0.3, 0.4) is 0 Å². The summed E-state index contributed by atoms with van der Waals surface area (Å²) in [5.41, 5.74) is 8.86. The van der Waals surface area contributed by atoms with Gasteiger partial charge in [-0.1, -0.05) is 21.0 Å². The summed E-state index contributed by atoms with van der Waals surface area (Å²) in [5, 5.41) is 22.5. The number of nitrogens with zero attached hydrogens (tertiary/aromatic N) is 3. The molecule has 2 atom stereocenters. The SMILES string of the molecule is [N-]=[N+]=NCC(O)C(O)c1cc(Br)cc(C=O)c1. The fourth-order valence-corrected chi connectivity index (χ4v) is 1.85. The van der Waals surface area contributed by atoms with Gasteiger partial charge in [-0.3, -0.25) is 4.79 Å². The number of halogens is 1. The molecule has 0 aliphatic carbocycles. The van der Waals surface area contributed by atoms with Gasteiger partial charge in [0.1, 0.15) is 12.4 Å². The standard InChI is InChI=1S/C10H10BrN3O3/c11-8-2-6(5-15)1-7(3-8)10(17)9(16)4-13-14-12/h1-3,5,9-10,16-17H,4H2. The van der Waals surface area contributed by atoms with E-state index in [0.717, 1.165) is 0 Å². The highest BCUT2D eigenvalue weighted by atomic mass is 79.9. The molecule has 1 aromatic rings. The van der Waals surface area contributed by atoms with E-state index in [1.165, 1.54) is 6.07 Å². The van der Waals surface area contributed by atoms with Crippen molar-refractivity contribution in [3.63, 3.8) is 0 Å². The van der Waals surface area contributed by atoms with Crippen molar-refractivity contribution in [1.29, 1.82) is 0 Å². The van der Waals surface area contributed by atoms with Crippen LogP contribution in [0.25, 0.3) is 10.4 Å². The van der Waals surface area contributed by atoms with Crippen LogP contribution in [0.4, 0.5) is 0 Å². The highest BCUT2D eigenvalue weighted by Crippen LogP contribution is 2.23. The molecule has 6 nitrogen and oxygen atoms in total. The van der Waals surface area contributed by atoms with Crippen LogP contribution in [0.15, 0.2) is 27.8 Å². The highest BCUT2D eigenvalue weighted by Gasteiger charge is 2.18. The Hall–Kier alpha value is -1.40. The van der Waals surface area contributed by atoms with Crippen LogP contribution in [-0.4, -0.2) is 29.1 Å². The molecular formula is C10H10BrN3O3. The first kappa shape index (κ1) is 13.7. The number of benzene rings is 1. The Labute approximate surface area is 106 Å². The van der Waals surface area contributed by atoms with E-state index < -0.39 is 12.2 Å². The number of azide groups is 1. The number of carbonyl (C=O) groups is 1. The van der Waals surface area contributed by atoms with Gasteiger partial charge in [-0.25, -0.2) is 0 Å². The Morgan fingerprint density at radius 1 is 1.47 bits per heavy atom. The van der Waals surface area contributed by atoms with Crippen molar-refractivity contribution in [2.75, 3.05) is 6.54 Å². The molecule has 0 saturated carbocycles. The largest absolute Gasteiger partial charge is 0.390 e. The van der Waals surface area contributed by atoms with Crippen LogP contribution >= 0.6 is 15.9 Å². The maximum atomic E-state index is 10.6. The molecule has 0 heterocycles. The molecule has 2 unspecified atom stereocenters. The first-order chi connectivity index (χ1) is 8.08. The average Bonchev–Trinajstić information content (AvgIpc) is 2.34. The van der Waals surface area contributed by atoms with Gasteiger partial charge in [-0.05, 0) is 29.3 Å². The number of hydrogen-bond acceptors (Lipinski definition) is 4. The fourth-order valence-electron chi connectivity index (χ4n) is 1.32. The van der Waals surface area contributed by atoms with Gasteiger partial charge < -0.3 is 10.2 Å². The Kier molecular flexibility index (Phi) is 5.11. The number of aliphatic hydroxyl groups excluding tert-OH is 2. The second-order valence-corrected chi connectivity index (χ2v) is 4.28. The van der Waals surface area contributed by atoms with Crippen LogP contribution in [0.2, 0.25) is 0 Å². The topological polar surface area (TPSA) is 106 Å². The first-order valence-corrected chi connectivity index (χ1v) is 5.50. The number of aldehydes is 1. The number of rotatable bonds is 5. The summed E-state index contributed by atoms with van der Waals surface area (Å²) in [5.74, 6) is 0. The molecule has 0 bridgehead atoms. The van der Waals surface area contributed by atoms with Crippen molar-refractivity contribution in [2.24, 2.45) is 5.11 Å². The Bertz CT molecular complexity index is 460. The maximum Gasteiger partial charge on any atom is 0.150 e. The molecule has 90 valence electrons. The Morgan fingerprint density at radius 2 is 2.18 bits per heavy atom. The highest BCUT2D eigenvalue weighted by molar-refractivity contribution is 9.10. The van der Waals surface area contributed by atoms with Crippen molar-refractivity contribution < 1.29 is 15.0 Å². The molecule has 0 amide bonds. The minimum absolute atomic E-state index is 0.236. The van der Waals surface area contributed by atoms with Crippen LogP contribution in [0.5, 0.6) is 0 Å². The van der Waals surface area contributed by atoms with E-state index in [0.29, 0.717) is 21.9 Å². The van der Waals surface area contributed by atoms with E-state index in [9.17, 15) is 15.0 Å². The molecule has 2 N–H and O–H groups in total. The second kappa shape index (κ2) is 6.36. The van der Waals surface area contributed by atoms with Gasteiger partial charge in [-0.15, -0.1) is 0 Å². The Morgan fingerprint density at radius 3 is 2.76 bits per heavy atom. The smallest absolute Gasteiger partial charge is 0.150 e. The van der Waals surface area contributed by atoms with Crippen LogP contribution in [0.1, 0.15) is 22.0 Å². The third-order valence-corrected chi connectivity index (χ3v) is 2.57. The van der Waals surface area contributed by atoms with Gasteiger partial charge >= 0.3 is 0 Å². The third-order valence-electron chi connectivity index (χ3n) is 2.12. The van der Waals surface area contributed by atoms with Gasteiger partial charge in [-0.2, -0.15) is 0 Å². The van der Waals surface area contributed by atoms with Crippen molar-refractivity contribution in [1.82, 2.24) is 0 Å². The van der Waals surface area contributed by atoms with Crippen molar-refractivity contribution in [3.05, 3.63) is 44.2 Å². The number of carbonyl (C=O) groups excluding carboxylic acids is 1. The second-order valence-electron chi connectivity index (χ2n) is 3.36. The molecular weight excluding hydrogens is 290 g/mol. The van der Waals surface area contributed by atoms with E-state index in [1.807, 2.05) is 0 Å². The molecule has 0 fully saturated rings. The Balaban J connectivity index is 2.94. The molecule has 0 spiro atoms. The molecule has 0 radical (unpaired) electrons. The molecule has 17 heavy (non-hydrogen) atoms. The van der Waals surface area contributed by atoms with Crippen molar-refractivity contribution >= 4 is 22.2 Å². The van der Waals surface area contributed by atoms with E-state index in [-0.39, 0.29) is 6.54 Å². The van der Waals surface area contributed by atoms with Gasteiger partial charge in [0.15, 0.2) is 0 Å². The van der Waals surface area contributed by atoms with E-state index >= 15 is 0 Å². The van der Waals surface area contributed by atoms with Crippen LogP contribution in [0, 0.1) is 0 Å². The quantitative estimate of drug-likeness (QED) is 0.375. The van der Waals surface area contributed by atoms with Crippen molar-refractivity contribution in [3.8, 4) is 0 Å². The zero-order valence-electron chi connectivity index (χ0n) is 8.69. The summed E-state index contributed by atoms with van der Waals surface area (Å²) in [6, 6.07) is 4.63. The molecule has 0 aliphatic rings. The zero-order valence-corrected chi connectivity index (χ0v) is 10.3. The number of aliphatic hydroxyl groups is 2. The van der Waals surface area contributed by atoms with E-state index in [1.54, 1.807) is 12.1 Å². The minimum atomic E-state index is -1.21. The van der Waals surface area contributed by atoms with Crippen LogP contribution in [-0.2, 0) is 0 Å². The van der Waals surface area contributed by atoms with Crippen LogP contribution < -0.4 is 0 Å². The minimum Gasteiger partial charge on any atom is -0.390 e. The molecule has 7 heteroatoms. The van der Waals surface area contributed by atoms with Gasteiger partial charge in [0, 0.05) is 14.9 Å². The predicted molar refractivity (Wildman–Crippen MR) is 64.5 cm³/mol. The van der Waals surface area contributed by atoms with E-state index in [2.05, 4.69) is 26.0 Å². The summed E-state index contributed by atoms with van der Waals surface area (Å²) in [7, 11) is 0. The lowest BCUT2D eigenvalue weighted by atomic mass is 10.0.